The molecule has 1 aromatic rings. The molecule has 1 rings (SSSR count). The van der Waals surface area contributed by atoms with E-state index < -0.39 is 6.09 Å². The molecular formula is C15H23NO3. The van der Waals surface area contributed by atoms with Gasteiger partial charge in [-0.1, -0.05) is 44.2 Å². The molecule has 106 valence electrons. The Balaban J connectivity index is 2.35. The zero-order valence-electron chi connectivity index (χ0n) is 11.7. The molecule has 0 aromatic heterocycles. The minimum Gasteiger partial charge on any atom is -0.445 e. The quantitative estimate of drug-likeness (QED) is 0.797. The van der Waals surface area contributed by atoms with Gasteiger partial charge >= 0.3 is 6.09 Å². The molecule has 0 bridgehead atoms. The second-order valence-corrected chi connectivity index (χ2v) is 4.78. The van der Waals surface area contributed by atoms with E-state index in [1.54, 1.807) is 0 Å². The van der Waals surface area contributed by atoms with Gasteiger partial charge in [0.25, 0.3) is 0 Å². The third kappa shape index (κ3) is 4.91. The van der Waals surface area contributed by atoms with Crippen LogP contribution < -0.4 is 5.32 Å². The van der Waals surface area contributed by atoms with E-state index in [2.05, 4.69) is 5.32 Å². The van der Waals surface area contributed by atoms with Crippen LogP contribution >= 0.6 is 0 Å². The average Bonchev–Trinajstić information content (AvgIpc) is 2.48. The van der Waals surface area contributed by atoms with Crippen molar-refractivity contribution in [2.45, 2.75) is 33.3 Å². The zero-order valence-corrected chi connectivity index (χ0v) is 11.7. The Bertz CT molecular complexity index is 366. The van der Waals surface area contributed by atoms with Crippen LogP contribution in [0.5, 0.6) is 0 Å². The molecule has 19 heavy (non-hydrogen) atoms. The SMILES string of the molecule is CCC(CC)(CO)CNC(=O)OCc1ccccc1. The summed E-state index contributed by atoms with van der Waals surface area (Å²) in [6.45, 7) is 4.79. The number of aliphatic hydroxyl groups is 1. The van der Waals surface area contributed by atoms with E-state index in [-0.39, 0.29) is 18.6 Å². The Morgan fingerprint density at radius 3 is 2.42 bits per heavy atom. The Morgan fingerprint density at radius 2 is 1.89 bits per heavy atom. The number of ether oxygens (including phenoxy) is 1. The van der Waals surface area contributed by atoms with Gasteiger partial charge in [0.05, 0.1) is 6.61 Å². The van der Waals surface area contributed by atoms with E-state index >= 15 is 0 Å². The van der Waals surface area contributed by atoms with Crippen molar-refractivity contribution in [2.75, 3.05) is 13.2 Å². The number of rotatable bonds is 7. The Morgan fingerprint density at radius 1 is 1.26 bits per heavy atom. The highest BCUT2D eigenvalue weighted by molar-refractivity contribution is 5.67. The molecule has 4 heteroatoms. The van der Waals surface area contributed by atoms with Crippen LogP contribution in [0.25, 0.3) is 0 Å². The van der Waals surface area contributed by atoms with Crippen molar-refractivity contribution in [1.29, 1.82) is 0 Å². The molecule has 0 fully saturated rings. The van der Waals surface area contributed by atoms with Gasteiger partial charge in [-0.15, -0.1) is 0 Å². The second kappa shape index (κ2) is 7.79. The third-order valence-electron chi connectivity index (χ3n) is 3.66. The lowest BCUT2D eigenvalue weighted by Gasteiger charge is -2.29. The van der Waals surface area contributed by atoms with Crippen molar-refractivity contribution < 1.29 is 14.6 Å². The highest BCUT2D eigenvalue weighted by Gasteiger charge is 2.25. The summed E-state index contributed by atoms with van der Waals surface area (Å²) in [5, 5.41) is 12.1. The highest BCUT2D eigenvalue weighted by atomic mass is 16.5. The van der Waals surface area contributed by atoms with Crippen molar-refractivity contribution in [3.8, 4) is 0 Å². The summed E-state index contributed by atoms with van der Waals surface area (Å²) in [5.74, 6) is 0. The maximum absolute atomic E-state index is 11.6. The van der Waals surface area contributed by atoms with E-state index in [4.69, 9.17) is 4.74 Å². The molecular weight excluding hydrogens is 242 g/mol. The summed E-state index contributed by atoms with van der Waals surface area (Å²) in [5.41, 5.74) is 0.711. The molecule has 0 aliphatic heterocycles. The van der Waals surface area contributed by atoms with Crippen LogP contribution in [0.3, 0.4) is 0 Å². The molecule has 0 spiro atoms. The number of hydrogen-bond donors (Lipinski definition) is 2. The number of amides is 1. The van der Waals surface area contributed by atoms with Crippen molar-refractivity contribution in [3.63, 3.8) is 0 Å². The van der Waals surface area contributed by atoms with Gasteiger partial charge in [-0.05, 0) is 18.4 Å². The first-order valence-corrected chi connectivity index (χ1v) is 6.71. The van der Waals surface area contributed by atoms with Crippen molar-refractivity contribution >= 4 is 6.09 Å². The second-order valence-electron chi connectivity index (χ2n) is 4.78. The minimum atomic E-state index is -0.441. The number of benzene rings is 1. The predicted molar refractivity (Wildman–Crippen MR) is 74.7 cm³/mol. The lowest BCUT2D eigenvalue weighted by atomic mass is 9.83. The number of hydrogen-bond acceptors (Lipinski definition) is 3. The number of alkyl carbamates (subject to hydrolysis) is 1. The monoisotopic (exact) mass is 265 g/mol. The molecule has 0 aliphatic carbocycles. The molecule has 0 saturated carbocycles. The average molecular weight is 265 g/mol. The molecule has 0 heterocycles. The first kappa shape index (κ1) is 15.5. The minimum absolute atomic E-state index is 0.0684. The topological polar surface area (TPSA) is 58.6 Å². The van der Waals surface area contributed by atoms with Crippen molar-refractivity contribution in [1.82, 2.24) is 5.32 Å². The number of nitrogens with one attached hydrogen (secondary N) is 1. The van der Waals surface area contributed by atoms with Crippen LogP contribution in [-0.4, -0.2) is 24.4 Å². The summed E-state index contributed by atoms with van der Waals surface area (Å²) in [4.78, 5) is 11.6. The molecule has 0 aliphatic rings. The van der Waals surface area contributed by atoms with Crippen LogP contribution in [0, 0.1) is 5.41 Å². The van der Waals surface area contributed by atoms with E-state index in [1.165, 1.54) is 0 Å². The lowest BCUT2D eigenvalue weighted by Crippen LogP contribution is -2.39. The fraction of sp³-hybridized carbons (Fsp3) is 0.533. The van der Waals surface area contributed by atoms with Gasteiger partial charge in [-0.2, -0.15) is 0 Å². The normalized spacial score (nSPS) is 11.1. The molecule has 2 N–H and O–H groups in total. The summed E-state index contributed by atoms with van der Waals surface area (Å²) in [7, 11) is 0. The van der Waals surface area contributed by atoms with Crippen LogP contribution in [0.2, 0.25) is 0 Å². The number of carbonyl (C=O) groups excluding carboxylic acids is 1. The smallest absolute Gasteiger partial charge is 0.407 e. The van der Waals surface area contributed by atoms with Gasteiger partial charge in [-0.25, -0.2) is 4.79 Å². The van der Waals surface area contributed by atoms with Crippen LogP contribution in [0.4, 0.5) is 4.79 Å². The standard InChI is InChI=1S/C15H23NO3/c1-3-15(4-2,12-17)11-16-14(18)19-10-13-8-6-5-7-9-13/h5-9,17H,3-4,10-12H2,1-2H3,(H,16,18). The van der Waals surface area contributed by atoms with Crippen molar-refractivity contribution in [2.24, 2.45) is 5.41 Å². The Kier molecular flexibility index (Phi) is 6.36. The van der Waals surface area contributed by atoms with Gasteiger partial charge in [0.1, 0.15) is 6.61 Å². The number of aliphatic hydroxyl groups excluding tert-OH is 1. The number of carbonyl (C=O) groups is 1. The van der Waals surface area contributed by atoms with E-state index in [0.29, 0.717) is 6.54 Å². The largest absolute Gasteiger partial charge is 0.445 e. The molecule has 4 nitrogen and oxygen atoms in total. The molecule has 0 unspecified atom stereocenters. The summed E-state index contributed by atoms with van der Waals surface area (Å²) < 4.78 is 5.13. The zero-order chi connectivity index (χ0) is 14.1. The van der Waals surface area contributed by atoms with Crippen molar-refractivity contribution in [3.05, 3.63) is 35.9 Å². The highest BCUT2D eigenvalue weighted by Crippen LogP contribution is 2.24. The van der Waals surface area contributed by atoms with Gasteiger partial charge in [0.15, 0.2) is 0 Å². The van der Waals surface area contributed by atoms with Gasteiger partial charge in [0.2, 0.25) is 0 Å². The third-order valence-corrected chi connectivity index (χ3v) is 3.66. The molecule has 1 amide bonds. The lowest BCUT2D eigenvalue weighted by molar-refractivity contribution is 0.100. The van der Waals surface area contributed by atoms with Crippen LogP contribution in [0.15, 0.2) is 30.3 Å². The Labute approximate surface area is 114 Å². The summed E-state index contributed by atoms with van der Waals surface area (Å²) >= 11 is 0. The maximum Gasteiger partial charge on any atom is 0.407 e. The molecule has 1 aromatic carbocycles. The molecule has 0 atom stereocenters. The molecule has 0 radical (unpaired) electrons. The first-order chi connectivity index (χ1) is 9.15. The van der Waals surface area contributed by atoms with E-state index in [1.807, 2.05) is 44.2 Å². The van der Waals surface area contributed by atoms with Crippen LogP contribution in [-0.2, 0) is 11.3 Å². The first-order valence-electron chi connectivity index (χ1n) is 6.71. The van der Waals surface area contributed by atoms with Gasteiger partial charge in [0, 0.05) is 12.0 Å². The van der Waals surface area contributed by atoms with E-state index in [0.717, 1.165) is 18.4 Å². The summed E-state index contributed by atoms with van der Waals surface area (Å²) in [6.07, 6.45) is 1.20. The predicted octanol–water partition coefficient (Wildman–Crippen LogP) is 2.71. The fourth-order valence-electron chi connectivity index (χ4n) is 1.81. The van der Waals surface area contributed by atoms with E-state index in [9.17, 15) is 9.90 Å². The van der Waals surface area contributed by atoms with Gasteiger partial charge < -0.3 is 15.2 Å². The van der Waals surface area contributed by atoms with Crippen LogP contribution in [0.1, 0.15) is 32.3 Å². The maximum atomic E-state index is 11.6. The fourth-order valence-corrected chi connectivity index (χ4v) is 1.81. The summed E-state index contributed by atoms with van der Waals surface area (Å²) in [6, 6.07) is 9.54. The van der Waals surface area contributed by atoms with Gasteiger partial charge in [-0.3, -0.25) is 0 Å². The molecule has 0 saturated heterocycles. The Hall–Kier alpha value is -1.55.